The lowest BCUT2D eigenvalue weighted by Crippen LogP contribution is -2.44. The molecule has 2 bridgehead atoms. The van der Waals surface area contributed by atoms with Crippen molar-refractivity contribution in [2.24, 2.45) is 5.92 Å². The highest BCUT2D eigenvalue weighted by Gasteiger charge is 2.31. The Hall–Kier alpha value is -2.60. The summed E-state index contributed by atoms with van der Waals surface area (Å²) in [5.74, 6) is -0.670. The maximum absolute atomic E-state index is 12.6. The van der Waals surface area contributed by atoms with Gasteiger partial charge in [-0.2, -0.15) is 0 Å². The Morgan fingerprint density at radius 3 is 2.79 bits per heavy atom. The fourth-order valence-electron chi connectivity index (χ4n) is 3.86. The number of nitrogens with one attached hydrogen (secondary N) is 1. The zero-order valence-electron chi connectivity index (χ0n) is 13.0. The second-order valence-corrected chi connectivity index (χ2v) is 6.61. The number of hydrogen-bond donors (Lipinski definition) is 3. The van der Waals surface area contributed by atoms with Crippen LogP contribution in [0.2, 0.25) is 0 Å². The molecule has 1 aromatic carbocycles. The van der Waals surface area contributed by atoms with E-state index in [-0.39, 0.29) is 16.9 Å². The van der Waals surface area contributed by atoms with Crippen LogP contribution in [0.15, 0.2) is 35.1 Å². The Labute approximate surface area is 138 Å². The van der Waals surface area contributed by atoms with Gasteiger partial charge in [-0.1, -0.05) is 6.07 Å². The van der Waals surface area contributed by atoms with Crippen LogP contribution >= 0.6 is 0 Å². The molecule has 6 nitrogen and oxygen atoms in total. The van der Waals surface area contributed by atoms with Gasteiger partial charge < -0.3 is 20.1 Å². The molecular weight excluding hydrogens is 308 g/mol. The summed E-state index contributed by atoms with van der Waals surface area (Å²) < 4.78 is 1.85. The van der Waals surface area contributed by atoms with Crippen molar-refractivity contribution >= 4 is 5.97 Å². The number of hydrogen-bond acceptors (Lipinski definition) is 4. The van der Waals surface area contributed by atoms with Crippen LogP contribution in [0.3, 0.4) is 0 Å². The van der Waals surface area contributed by atoms with Crippen LogP contribution in [0.4, 0.5) is 0 Å². The van der Waals surface area contributed by atoms with Crippen LogP contribution in [0.5, 0.6) is 5.75 Å². The van der Waals surface area contributed by atoms with Gasteiger partial charge in [-0.15, -0.1) is 0 Å². The molecule has 1 aromatic heterocycles. The van der Waals surface area contributed by atoms with Crippen molar-refractivity contribution in [2.75, 3.05) is 13.1 Å². The van der Waals surface area contributed by atoms with Gasteiger partial charge >= 0.3 is 5.97 Å². The van der Waals surface area contributed by atoms with Gasteiger partial charge in [0.15, 0.2) is 0 Å². The lowest BCUT2D eigenvalue weighted by atomic mass is 9.83. The third kappa shape index (κ3) is 2.39. The molecule has 3 heterocycles. The number of carboxylic acid groups (broad SMARTS) is 1. The standard InChI is InChI=1S/C18H18N2O4/c21-16-2-1-11(4-14(16)18(23)24)12-5-15-13-3-10(7-19-8-13)9-20(15)17(22)6-12/h1-2,4-6,10,13,19,21H,3,7-9H2,(H,23,24)/t10-,13+/m0/s1. The Morgan fingerprint density at radius 2 is 2.00 bits per heavy atom. The Morgan fingerprint density at radius 1 is 1.17 bits per heavy atom. The van der Waals surface area contributed by atoms with Gasteiger partial charge in [0, 0.05) is 30.8 Å². The number of aromatic hydroxyl groups is 1. The molecule has 0 radical (unpaired) electrons. The smallest absolute Gasteiger partial charge is 0.339 e. The summed E-state index contributed by atoms with van der Waals surface area (Å²) in [6.45, 7) is 2.54. The van der Waals surface area contributed by atoms with Gasteiger partial charge in [-0.25, -0.2) is 4.79 Å². The molecule has 2 aliphatic heterocycles. The first kappa shape index (κ1) is 15.0. The minimum atomic E-state index is -1.19. The number of aromatic nitrogens is 1. The Balaban J connectivity index is 1.83. The lowest BCUT2D eigenvalue weighted by Gasteiger charge is -2.37. The second-order valence-electron chi connectivity index (χ2n) is 6.61. The highest BCUT2D eigenvalue weighted by Crippen LogP contribution is 2.34. The highest BCUT2D eigenvalue weighted by molar-refractivity contribution is 5.92. The molecule has 0 spiro atoms. The Bertz CT molecular complexity index is 887. The first-order valence-corrected chi connectivity index (χ1v) is 8.05. The van der Waals surface area contributed by atoms with Crippen LogP contribution in [-0.2, 0) is 6.54 Å². The predicted octanol–water partition coefficient (Wildman–Crippen LogP) is 1.63. The van der Waals surface area contributed by atoms with E-state index >= 15 is 0 Å². The molecule has 0 amide bonds. The first-order chi connectivity index (χ1) is 11.5. The maximum Gasteiger partial charge on any atom is 0.339 e. The quantitative estimate of drug-likeness (QED) is 0.780. The number of piperidine rings is 1. The first-order valence-electron chi connectivity index (χ1n) is 8.05. The van der Waals surface area contributed by atoms with Crippen molar-refractivity contribution in [3.63, 3.8) is 0 Å². The number of rotatable bonds is 2. The zero-order chi connectivity index (χ0) is 16.8. The number of pyridine rings is 1. The summed E-state index contributed by atoms with van der Waals surface area (Å²) in [5, 5.41) is 22.2. The monoisotopic (exact) mass is 326 g/mol. The third-order valence-electron chi connectivity index (χ3n) is 5.02. The van der Waals surface area contributed by atoms with E-state index in [1.165, 1.54) is 12.1 Å². The molecule has 1 fully saturated rings. The maximum atomic E-state index is 12.6. The van der Waals surface area contributed by atoms with Crippen LogP contribution < -0.4 is 10.9 Å². The average Bonchev–Trinajstić information content (AvgIpc) is 2.56. The second kappa shape index (κ2) is 5.49. The summed E-state index contributed by atoms with van der Waals surface area (Å²) >= 11 is 0. The van der Waals surface area contributed by atoms with Gasteiger partial charge in [0.05, 0.1) is 0 Å². The van der Waals surface area contributed by atoms with E-state index in [9.17, 15) is 14.7 Å². The minimum Gasteiger partial charge on any atom is -0.507 e. The molecule has 4 rings (SSSR count). The molecule has 3 N–H and O–H groups in total. The van der Waals surface area contributed by atoms with Crippen molar-refractivity contribution in [1.82, 2.24) is 9.88 Å². The topological polar surface area (TPSA) is 91.6 Å². The lowest BCUT2D eigenvalue weighted by molar-refractivity contribution is 0.0694. The minimum absolute atomic E-state index is 0.0518. The van der Waals surface area contributed by atoms with Crippen molar-refractivity contribution in [3.05, 3.63) is 51.9 Å². The number of carbonyl (C=O) groups is 1. The number of benzene rings is 1. The van der Waals surface area contributed by atoms with Gasteiger partial charge in [0.1, 0.15) is 11.3 Å². The van der Waals surface area contributed by atoms with Crippen LogP contribution in [-0.4, -0.2) is 33.8 Å². The molecule has 0 unspecified atom stereocenters. The van der Waals surface area contributed by atoms with E-state index in [1.54, 1.807) is 12.1 Å². The van der Waals surface area contributed by atoms with Crippen molar-refractivity contribution in [3.8, 4) is 16.9 Å². The highest BCUT2D eigenvalue weighted by atomic mass is 16.4. The van der Waals surface area contributed by atoms with Crippen molar-refractivity contribution < 1.29 is 15.0 Å². The molecule has 24 heavy (non-hydrogen) atoms. The molecule has 0 aliphatic carbocycles. The third-order valence-corrected chi connectivity index (χ3v) is 5.02. The SMILES string of the molecule is O=C(O)c1cc(-c2cc3n(c(=O)c2)C[C@@H]2CNC[C@H]3C2)ccc1O. The van der Waals surface area contributed by atoms with Gasteiger partial charge in [-0.3, -0.25) is 4.79 Å². The Kier molecular flexibility index (Phi) is 3.42. The predicted molar refractivity (Wildman–Crippen MR) is 88.5 cm³/mol. The van der Waals surface area contributed by atoms with E-state index in [1.807, 2.05) is 10.6 Å². The van der Waals surface area contributed by atoms with Gasteiger partial charge in [0.25, 0.3) is 5.56 Å². The summed E-state index contributed by atoms with van der Waals surface area (Å²) in [6.07, 6.45) is 1.08. The number of nitrogens with zero attached hydrogens (tertiary/aromatic N) is 1. The van der Waals surface area contributed by atoms with E-state index in [0.717, 1.165) is 31.7 Å². The zero-order valence-corrected chi connectivity index (χ0v) is 13.0. The normalized spacial score (nSPS) is 22.0. The number of aromatic carboxylic acids is 1. The summed E-state index contributed by atoms with van der Waals surface area (Å²) in [7, 11) is 0. The number of fused-ring (bicyclic) bond motifs is 4. The van der Waals surface area contributed by atoms with E-state index in [2.05, 4.69) is 5.32 Å². The van der Waals surface area contributed by atoms with E-state index in [4.69, 9.17) is 5.11 Å². The van der Waals surface area contributed by atoms with Crippen molar-refractivity contribution in [1.29, 1.82) is 0 Å². The average molecular weight is 326 g/mol. The van der Waals surface area contributed by atoms with Crippen LogP contribution in [0.1, 0.15) is 28.4 Å². The molecule has 124 valence electrons. The summed E-state index contributed by atoms with van der Waals surface area (Å²) in [5.41, 5.74) is 2.11. The van der Waals surface area contributed by atoms with Crippen LogP contribution in [0, 0.1) is 5.92 Å². The van der Waals surface area contributed by atoms with Crippen LogP contribution in [0.25, 0.3) is 11.1 Å². The largest absolute Gasteiger partial charge is 0.507 e. The molecule has 6 heteroatoms. The molecule has 2 aromatic rings. The molecular formula is C18H18N2O4. The van der Waals surface area contributed by atoms with E-state index in [0.29, 0.717) is 23.0 Å². The van der Waals surface area contributed by atoms with Gasteiger partial charge in [0.2, 0.25) is 0 Å². The summed E-state index contributed by atoms with van der Waals surface area (Å²) in [4.78, 5) is 23.8. The number of phenols is 1. The van der Waals surface area contributed by atoms with Gasteiger partial charge in [-0.05, 0) is 48.2 Å². The van der Waals surface area contributed by atoms with E-state index < -0.39 is 5.97 Å². The van der Waals surface area contributed by atoms with Crippen molar-refractivity contribution in [2.45, 2.75) is 18.9 Å². The fraction of sp³-hybridized carbons (Fsp3) is 0.333. The summed E-state index contributed by atoms with van der Waals surface area (Å²) in [6, 6.07) is 7.93. The molecule has 1 saturated heterocycles. The molecule has 0 saturated carbocycles. The molecule has 2 atom stereocenters. The fourth-order valence-corrected chi connectivity index (χ4v) is 3.86. The number of carboxylic acids is 1. The molecule has 2 aliphatic rings.